The molecule has 0 saturated carbocycles. The van der Waals surface area contributed by atoms with Crippen molar-refractivity contribution in [3.8, 4) is 0 Å². The first-order valence-corrected chi connectivity index (χ1v) is 2.50. The minimum Gasteiger partial charge on any atom is -0.264 e. The molecular weight excluding hydrogens is 120 g/mol. The lowest BCUT2D eigenvalue weighted by molar-refractivity contribution is 0.283. The van der Waals surface area contributed by atoms with Gasteiger partial charge in [0.2, 0.25) is 0 Å². The SMILES string of the molecule is [2H]C([2H])([2H])C([2H])([2H])OS(=O)(=O)O. The smallest absolute Gasteiger partial charge is 0.264 e. The lowest BCUT2D eigenvalue weighted by Crippen LogP contribution is -2.01. The van der Waals surface area contributed by atoms with E-state index in [1.165, 1.54) is 0 Å². The van der Waals surface area contributed by atoms with Crippen LogP contribution in [0.2, 0.25) is 0 Å². The van der Waals surface area contributed by atoms with Gasteiger partial charge in [-0.1, -0.05) is 0 Å². The molecule has 0 saturated heterocycles. The van der Waals surface area contributed by atoms with E-state index >= 15 is 0 Å². The van der Waals surface area contributed by atoms with Crippen LogP contribution in [0.15, 0.2) is 0 Å². The number of hydrogen-bond acceptors (Lipinski definition) is 3. The van der Waals surface area contributed by atoms with Crippen molar-refractivity contribution < 1.29 is 24.0 Å². The van der Waals surface area contributed by atoms with Crippen molar-refractivity contribution in [2.75, 3.05) is 6.56 Å². The monoisotopic (exact) mass is 131 g/mol. The molecule has 0 amide bonds. The maximum Gasteiger partial charge on any atom is 0.397 e. The first-order valence-electron chi connectivity index (χ1n) is 3.64. The first kappa shape index (κ1) is 2.00. The zero-order valence-electron chi connectivity index (χ0n) is 8.08. The van der Waals surface area contributed by atoms with Crippen LogP contribution in [-0.2, 0) is 14.6 Å². The van der Waals surface area contributed by atoms with Crippen LogP contribution in [0.3, 0.4) is 0 Å². The van der Waals surface area contributed by atoms with Gasteiger partial charge in [-0.2, -0.15) is 8.42 Å². The van der Waals surface area contributed by atoms with Gasteiger partial charge in [-0.15, -0.1) is 0 Å². The summed E-state index contributed by atoms with van der Waals surface area (Å²) in [5.41, 5.74) is 0. The zero-order chi connectivity index (χ0) is 10.2. The highest BCUT2D eigenvalue weighted by Gasteiger charge is 1.98. The van der Waals surface area contributed by atoms with Crippen molar-refractivity contribution in [1.82, 2.24) is 0 Å². The Morgan fingerprint density at radius 2 is 2.71 bits per heavy atom. The summed E-state index contributed by atoms with van der Waals surface area (Å²) in [6.45, 7) is -6.69. The van der Waals surface area contributed by atoms with E-state index in [2.05, 4.69) is 4.18 Å². The molecule has 1 N–H and O–H groups in total. The summed E-state index contributed by atoms with van der Waals surface area (Å²) < 4.78 is 63.7. The predicted molar refractivity (Wildman–Crippen MR) is 23.2 cm³/mol. The Bertz CT molecular complexity index is 251. The van der Waals surface area contributed by atoms with Crippen molar-refractivity contribution in [3.63, 3.8) is 0 Å². The third-order valence-electron chi connectivity index (χ3n) is 0.147. The minimum atomic E-state index is -5.10. The standard InChI is InChI=1S/C2H6O4S/c1-2-6-7(3,4)5/h2H2,1H3,(H,3,4,5)/i1D3,2D2. The zero-order valence-corrected chi connectivity index (χ0v) is 3.90. The molecule has 5 heteroatoms. The van der Waals surface area contributed by atoms with Crippen LogP contribution in [-0.4, -0.2) is 19.5 Å². The van der Waals surface area contributed by atoms with Crippen LogP contribution in [0.4, 0.5) is 0 Å². The lowest BCUT2D eigenvalue weighted by atomic mass is 10.9. The molecule has 0 aliphatic carbocycles. The Labute approximate surface area is 49.1 Å². The molecule has 44 valence electrons. The number of hydrogen-bond donors (Lipinski definition) is 1. The summed E-state index contributed by atoms with van der Waals surface area (Å²) in [6.07, 6.45) is 0. The predicted octanol–water partition coefficient (Wildman–Crippen LogP) is -0.174. The summed E-state index contributed by atoms with van der Waals surface area (Å²) in [7, 11) is -5.10. The second kappa shape index (κ2) is 2.25. The Balaban J connectivity index is 4.67. The molecule has 0 bridgehead atoms. The minimum absolute atomic E-state index is 3.28. The largest absolute Gasteiger partial charge is 0.397 e. The maximum absolute atomic E-state index is 9.94. The van der Waals surface area contributed by atoms with E-state index in [9.17, 15) is 8.42 Å². The van der Waals surface area contributed by atoms with Crippen LogP contribution < -0.4 is 0 Å². The van der Waals surface area contributed by atoms with E-state index in [0.717, 1.165) is 0 Å². The quantitative estimate of drug-likeness (QED) is 0.528. The first-order chi connectivity index (χ1) is 4.96. The Morgan fingerprint density at radius 3 is 2.86 bits per heavy atom. The van der Waals surface area contributed by atoms with Gasteiger partial charge in [0.1, 0.15) is 0 Å². The molecule has 0 radical (unpaired) electrons. The van der Waals surface area contributed by atoms with E-state index < -0.39 is 23.8 Å². The summed E-state index contributed by atoms with van der Waals surface area (Å²) in [6, 6.07) is 0. The lowest BCUT2D eigenvalue weighted by Gasteiger charge is -1.88. The van der Waals surface area contributed by atoms with Crippen LogP contribution in [0.25, 0.3) is 0 Å². The summed E-state index contributed by atoms with van der Waals surface area (Å²) in [4.78, 5) is 0. The molecule has 7 heavy (non-hydrogen) atoms. The van der Waals surface area contributed by atoms with Gasteiger partial charge in [-0.05, 0) is 6.85 Å². The van der Waals surface area contributed by atoms with E-state index in [4.69, 9.17) is 11.4 Å². The molecule has 4 nitrogen and oxygen atoms in total. The second-order valence-electron chi connectivity index (χ2n) is 0.613. The molecule has 0 aromatic carbocycles. The van der Waals surface area contributed by atoms with Crippen LogP contribution in [0.1, 0.15) is 13.7 Å². The molecule has 0 atom stereocenters. The van der Waals surface area contributed by atoms with Crippen LogP contribution in [0.5, 0.6) is 0 Å². The van der Waals surface area contributed by atoms with Gasteiger partial charge < -0.3 is 0 Å². The highest BCUT2D eigenvalue weighted by Crippen LogP contribution is 1.81. The van der Waals surface area contributed by atoms with Gasteiger partial charge in [0.25, 0.3) is 0 Å². The fraction of sp³-hybridized carbons (Fsp3) is 1.00. The summed E-state index contributed by atoms with van der Waals surface area (Å²) >= 11 is 0. The van der Waals surface area contributed by atoms with Gasteiger partial charge in [0.15, 0.2) is 0 Å². The molecule has 0 aromatic rings. The molecule has 0 spiro atoms. The van der Waals surface area contributed by atoms with Crippen LogP contribution in [0, 0.1) is 0 Å². The fourth-order valence-electron chi connectivity index (χ4n) is 0.0527. The van der Waals surface area contributed by atoms with E-state index in [1.807, 2.05) is 0 Å². The number of rotatable bonds is 2. The topological polar surface area (TPSA) is 63.6 Å². The molecule has 0 aromatic heterocycles. The van der Waals surface area contributed by atoms with Crippen molar-refractivity contribution in [2.45, 2.75) is 6.85 Å². The molecule has 0 heterocycles. The van der Waals surface area contributed by atoms with Crippen molar-refractivity contribution in [2.24, 2.45) is 0 Å². The van der Waals surface area contributed by atoms with E-state index in [-0.39, 0.29) is 0 Å². The molecular formula is C2H6O4S. The molecule has 0 unspecified atom stereocenters. The highest BCUT2D eigenvalue weighted by atomic mass is 32.3. The summed E-state index contributed by atoms with van der Waals surface area (Å²) in [5, 5.41) is 0. The maximum atomic E-state index is 9.94. The van der Waals surface area contributed by atoms with Gasteiger partial charge in [-0.3, -0.25) is 4.55 Å². The van der Waals surface area contributed by atoms with Crippen molar-refractivity contribution >= 4 is 10.4 Å². The Morgan fingerprint density at radius 1 is 2.14 bits per heavy atom. The molecule has 0 aliphatic rings. The Hall–Kier alpha value is -0.130. The van der Waals surface area contributed by atoms with Crippen molar-refractivity contribution in [1.29, 1.82) is 0 Å². The molecule has 0 aliphatic heterocycles. The summed E-state index contributed by atoms with van der Waals surface area (Å²) in [5.74, 6) is 0. The third-order valence-corrected chi connectivity index (χ3v) is 0.441. The average Bonchev–Trinajstić information content (AvgIpc) is 1.52. The van der Waals surface area contributed by atoms with E-state index in [1.54, 1.807) is 0 Å². The van der Waals surface area contributed by atoms with Gasteiger partial charge in [-0.25, -0.2) is 4.18 Å². The van der Waals surface area contributed by atoms with Crippen molar-refractivity contribution in [3.05, 3.63) is 0 Å². The third kappa shape index (κ3) is 5.87. The highest BCUT2D eigenvalue weighted by molar-refractivity contribution is 7.80. The van der Waals surface area contributed by atoms with Gasteiger partial charge in [0.05, 0.1) is 9.30 Å². The normalized spacial score (nSPS) is 26.1. The molecule has 0 fully saturated rings. The average molecular weight is 131 g/mol. The van der Waals surface area contributed by atoms with Gasteiger partial charge >= 0.3 is 10.4 Å². The Kier molecular flexibility index (Phi) is 0.643. The second-order valence-corrected chi connectivity index (χ2v) is 1.64. The van der Waals surface area contributed by atoms with Gasteiger partial charge in [0, 0.05) is 4.11 Å². The fourth-order valence-corrected chi connectivity index (χ4v) is 0.158. The van der Waals surface area contributed by atoms with Crippen LogP contribution >= 0.6 is 0 Å². The van der Waals surface area contributed by atoms with E-state index in [0.29, 0.717) is 0 Å². The molecule has 0 rings (SSSR count).